The lowest BCUT2D eigenvalue weighted by molar-refractivity contribution is -0.137. The van der Waals surface area contributed by atoms with Crippen LogP contribution in [0, 0.1) is 0 Å². The summed E-state index contributed by atoms with van der Waals surface area (Å²) >= 11 is 0. The molecule has 0 bridgehead atoms. The average Bonchev–Trinajstić information content (AvgIpc) is 2.62. The van der Waals surface area contributed by atoms with Crippen molar-refractivity contribution in [1.82, 2.24) is 4.90 Å². The van der Waals surface area contributed by atoms with Gasteiger partial charge in [-0.1, -0.05) is 0 Å². The van der Waals surface area contributed by atoms with Crippen molar-refractivity contribution in [2.45, 2.75) is 19.3 Å². The van der Waals surface area contributed by atoms with E-state index in [1.807, 2.05) is 0 Å². The summed E-state index contributed by atoms with van der Waals surface area (Å²) in [4.78, 5) is 12.4. The van der Waals surface area contributed by atoms with Crippen molar-refractivity contribution < 1.29 is 9.90 Å². The van der Waals surface area contributed by atoms with Gasteiger partial charge >= 0.3 is 5.97 Å². The summed E-state index contributed by atoms with van der Waals surface area (Å²) in [7, 11) is 0. The third-order valence-electron chi connectivity index (χ3n) is 1.65. The molecule has 1 aliphatic rings. The fourth-order valence-corrected chi connectivity index (χ4v) is 0.906. The van der Waals surface area contributed by atoms with E-state index in [0.29, 0.717) is 6.42 Å². The SMILES string of the molecule is O=C(O)CCCCN1CC1. The Morgan fingerprint density at radius 3 is 2.60 bits per heavy atom. The molecule has 0 radical (unpaired) electrons. The summed E-state index contributed by atoms with van der Waals surface area (Å²) in [5.41, 5.74) is 0. The van der Waals surface area contributed by atoms with E-state index >= 15 is 0 Å². The van der Waals surface area contributed by atoms with Crippen molar-refractivity contribution in [3.05, 3.63) is 0 Å². The fourth-order valence-electron chi connectivity index (χ4n) is 0.906. The Hall–Kier alpha value is -0.570. The highest BCUT2D eigenvalue weighted by Gasteiger charge is 2.15. The number of rotatable bonds is 5. The van der Waals surface area contributed by atoms with Gasteiger partial charge in [-0.2, -0.15) is 0 Å². The molecule has 0 atom stereocenters. The van der Waals surface area contributed by atoms with E-state index < -0.39 is 5.97 Å². The summed E-state index contributed by atoms with van der Waals surface area (Å²) in [6.07, 6.45) is 2.19. The van der Waals surface area contributed by atoms with E-state index in [2.05, 4.69) is 4.90 Å². The van der Waals surface area contributed by atoms with E-state index in [1.165, 1.54) is 13.1 Å². The van der Waals surface area contributed by atoms with Gasteiger partial charge in [-0.25, -0.2) is 0 Å². The number of hydrogen-bond donors (Lipinski definition) is 1. The lowest BCUT2D eigenvalue weighted by Crippen LogP contribution is -2.01. The van der Waals surface area contributed by atoms with Crippen LogP contribution in [0.3, 0.4) is 0 Å². The Bertz CT molecular complexity index is 121. The van der Waals surface area contributed by atoms with Crippen LogP contribution >= 0.6 is 0 Å². The molecule has 0 unspecified atom stereocenters. The van der Waals surface area contributed by atoms with Gasteiger partial charge in [0.05, 0.1) is 0 Å². The minimum absolute atomic E-state index is 0.327. The summed E-state index contributed by atoms with van der Waals surface area (Å²) < 4.78 is 0. The van der Waals surface area contributed by atoms with Crippen molar-refractivity contribution >= 4 is 5.97 Å². The highest BCUT2D eigenvalue weighted by molar-refractivity contribution is 5.66. The second-order valence-electron chi connectivity index (χ2n) is 2.69. The van der Waals surface area contributed by atoms with Crippen LogP contribution in [0.2, 0.25) is 0 Å². The average molecular weight is 143 g/mol. The Morgan fingerprint density at radius 2 is 2.10 bits per heavy atom. The highest BCUT2D eigenvalue weighted by atomic mass is 16.4. The van der Waals surface area contributed by atoms with Gasteiger partial charge in [0, 0.05) is 19.5 Å². The van der Waals surface area contributed by atoms with Crippen molar-refractivity contribution in [3.8, 4) is 0 Å². The van der Waals surface area contributed by atoms with Crippen LogP contribution in [0.25, 0.3) is 0 Å². The molecule has 1 rings (SSSR count). The van der Waals surface area contributed by atoms with Gasteiger partial charge in [-0.3, -0.25) is 4.79 Å². The topological polar surface area (TPSA) is 40.3 Å². The fraction of sp³-hybridized carbons (Fsp3) is 0.857. The minimum Gasteiger partial charge on any atom is -0.481 e. The van der Waals surface area contributed by atoms with Crippen LogP contribution < -0.4 is 0 Å². The normalized spacial score (nSPS) is 17.2. The molecule has 1 aliphatic heterocycles. The molecule has 0 aromatic rings. The zero-order valence-electron chi connectivity index (χ0n) is 6.05. The Morgan fingerprint density at radius 1 is 1.40 bits per heavy atom. The number of carboxylic acid groups (broad SMARTS) is 1. The first-order valence-electron chi connectivity index (χ1n) is 3.73. The molecule has 1 fully saturated rings. The van der Waals surface area contributed by atoms with E-state index in [9.17, 15) is 4.79 Å². The standard InChI is InChI=1S/C7H13NO2/c9-7(10)3-1-2-4-8-5-6-8/h1-6H2,(H,9,10). The number of unbranched alkanes of at least 4 members (excludes halogenated alkanes) is 1. The highest BCUT2D eigenvalue weighted by Crippen LogP contribution is 2.06. The summed E-state index contributed by atoms with van der Waals surface area (Å²) in [5.74, 6) is -0.675. The third kappa shape index (κ3) is 3.45. The van der Waals surface area contributed by atoms with E-state index in [-0.39, 0.29) is 0 Å². The molecule has 0 aliphatic carbocycles. The molecule has 3 heteroatoms. The van der Waals surface area contributed by atoms with E-state index in [4.69, 9.17) is 5.11 Å². The first kappa shape index (κ1) is 7.54. The van der Waals surface area contributed by atoms with Crippen molar-refractivity contribution in [2.75, 3.05) is 19.6 Å². The molecule has 0 amide bonds. The molecular formula is C7H13NO2. The van der Waals surface area contributed by atoms with Crippen LogP contribution in [-0.4, -0.2) is 35.6 Å². The Kier molecular flexibility index (Phi) is 2.68. The molecule has 3 nitrogen and oxygen atoms in total. The van der Waals surface area contributed by atoms with Crippen molar-refractivity contribution in [1.29, 1.82) is 0 Å². The molecule has 0 aromatic heterocycles. The lowest BCUT2D eigenvalue weighted by atomic mass is 10.2. The van der Waals surface area contributed by atoms with Gasteiger partial charge in [0.2, 0.25) is 0 Å². The molecule has 1 saturated heterocycles. The first-order chi connectivity index (χ1) is 4.79. The lowest BCUT2D eigenvalue weighted by Gasteiger charge is -1.97. The molecule has 0 aromatic carbocycles. The summed E-state index contributed by atoms with van der Waals surface area (Å²) in [6.45, 7) is 3.52. The molecule has 0 spiro atoms. The van der Waals surface area contributed by atoms with Crippen LogP contribution in [-0.2, 0) is 4.79 Å². The largest absolute Gasteiger partial charge is 0.481 e. The molecule has 1 heterocycles. The summed E-state index contributed by atoms with van der Waals surface area (Å²) in [5, 5.41) is 8.28. The number of nitrogens with zero attached hydrogens (tertiary/aromatic N) is 1. The van der Waals surface area contributed by atoms with Crippen molar-refractivity contribution in [3.63, 3.8) is 0 Å². The van der Waals surface area contributed by atoms with Gasteiger partial charge in [-0.05, 0) is 19.4 Å². The van der Waals surface area contributed by atoms with Gasteiger partial charge < -0.3 is 10.0 Å². The number of carboxylic acids is 1. The third-order valence-corrected chi connectivity index (χ3v) is 1.65. The van der Waals surface area contributed by atoms with E-state index in [1.54, 1.807) is 0 Å². The molecule has 1 N–H and O–H groups in total. The van der Waals surface area contributed by atoms with Gasteiger partial charge in [0.15, 0.2) is 0 Å². The van der Waals surface area contributed by atoms with Gasteiger partial charge in [0.1, 0.15) is 0 Å². The van der Waals surface area contributed by atoms with Crippen LogP contribution in [0.5, 0.6) is 0 Å². The predicted molar refractivity (Wildman–Crippen MR) is 37.9 cm³/mol. The first-order valence-corrected chi connectivity index (χ1v) is 3.73. The maximum absolute atomic E-state index is 10.0. The second kappa shape index (κ2) is 3.56. The smallest absolute Gasteiger partial charge is 0.303 e. The van der Waals surface area contributed by atoms with Crippen LogP contribution in [0.15, 0.2) is 0 Å². The maximum atomic E-state index is 10.0. The number of carbonyl (C=O) groups is 1. The van der Waals surface area contributed by atoms with Crippen molar-refractivity contribution in [2.24, 2.45) is 0 Å². The predicted octanol–water partition coefficient (Wildman–Crippen LogP) is 0.557. The molecule has 58 valence electrons. The minimum atomic E-state index is -0.675. The maximum Gasteiger partial charge on any atom is 0.303 e. The zero-order valence-corrected chi connectivity index (χ0v) is 6.05. The second-order valence-corrected chi connectivity index (χ2v) is 2.69. The van der Waals surface area contributed by atoms with E-state index in [0.717, 1.165) is 19.4 Å². The van der Waals surface area contributed by atoms with Crippen LogP contribution in [0.4, 0.5) is 0 Å². The Balaban J connectivity index is 1.80. The molecule has 0 saturated carbocycles. The summed E-state index contributed by atoms with van der Waals surface area (Å²) in [6, 6.07) is 0. The number of hydrogen-bond acceptors (Lipinski definition) is 2. The van der Waals surface area contributed by atoms with Crippen LogP contribution in [0.1, 0.15) is 19.3 Å². The van der Waals surface area contributed by atoms with Gasteiger partial charge in [0.25, 0.3) is 0 Å². The monoisotopic (exact) mass is 143 g/mol. The number of aliphatic carboxylic acids is 1. The molecule has 10 heavy (non-hydrogen) atoms. The quantitative estimate of drug-likeness (QED) is 0.451. The Labute approximate surface area is 60.6 Å². The van der Waals surface area contributed by atoms with Gasteiger partial charge in [-0.15, -0.1) is 0 Å². The molecular weight excluding hydrogens is 130 g/mol. The zero-order chi connectivity index (χ0) is 7.40.